The van der Waals surface area contributed by atoms with Crippen LogP contribution in [-0.2, 0) is 0 Å². The van der Waals surface area contributed by atoms with Gasteiger partial charge in [0, 0.05) is 13.6 Å². The minimum Gasteiger partial charge on any atom is -0.489 e. The van der Waals surface area contributed by atoms with E-state index in [1.807, 2.05) is 18.9 Å². The van der Waals surface area contributed by atoms with E-state index in [-0.39, 0.29) is 42.1 Å². The highest BCUT2D eigenvalue weighted by atomic mass is 127. The Morgan fingerprint density at radius 2 is 2.12 bits per heavy atom. The summed E-state index contributed by atoms with van der Waals surface area (Å²) in [5.74, 6) is 0.953. The number of hydrogen-bond acceptors (Lipinski definition) is 4. The average molecular weight is 477 g/mol. The molecule has 144 valence electrons. The number of aliphatic hydroxyl groups is 1. The zero-order valence-corrected chi connectivity index (χ0v) is 17.2. The monoisotopic (exact) mass is 477 g/mol. The standard InChI is InChI=1S/C18H24FN3O3.HI/c1-3-20-18(21-13-15(23)17-9-6-11-24-17)22(2)10-12-25-16-8-5-4-7-14(16)19;/h4-9,11,15,23H,3,10,12-13H2,1-2H3,(H,20,21);1H. The molecule has 0 aliphatic heterocycles. The fourth-order valence-corrected chi connectivity index (χ4v) is 2.17. The average Bonchev–Trinajstić information content (AvgIpc) is 3.14. The molecule has 2 rings (SSSR count). The molecule has 0 saturated carbocycles. The molecule has 1 heterocycles. The van der Waals surface area contributed by atoms with Crippen molar-refractivity contribution < 1.29 is 18.7 Å². The number of aliphatic imine (C=N–C) groups is 1. The highest BCUT2D eigenvalue weighted by Gasteiger charge is 2.12. The first kappa shape index (κ1) is 22.2. The number of guanidine groups is 1. The molecule has 6 nitrogen and oxygen atoms in total. The number of para-hydroxylation sites is 1. The summed E-state index contributed by atoms with van der Waals surface area (Å²) in [5.41, 5.74) is 0. The Hall–Kier alpha value is -1.81. The summed E-state index contributed by atoms with van der Waals surface area (Å²) in [5, 5.41) is 13.2. The van der Waals surface area contributed by atoms with E-state index >= 15 is 0 Å². The first-order chi connectivity index (χ1) is 12.1. The lowest BCUT2D eigenvalue weighted by Gasteiger charge is -2.22. The van der Waals surface area contributed by atoms with Crippen LogP contribution in [0.1, 0.15) is 18.8 Å². The molecule has 0 saturated heterocycles. The molecule has 26 heavy (non-hydrogen) atoms. The molecule has 0 radical (unpaired) electrons. The van der Waals surface area contributed by atoms with Crippen LogP contribution in [0.25, 0.3) is 0 Å². The van der Waals surface area contributed by atoms with Crippen LogP contribution in [0.4, 0.5) is 4.39 Å². The molecule has 0 fully saturated rings. The second-order valence-electron chi connectivity index (χ2n) is 5.43. The molecule has 1 atom stereocenters. The number of likely N-dealkylation sites (N-methyl/N-ethyl adjacent to an activating group) is 1. The Balaban J connectivity index is 0.00000338. The van der Waals surface area contributed by atoms with Crippen LogP contribution in [-0.4, -0.2) is 49.3 Å². The highest BCUT2D eigenvalue weighted by Crippen LogP contribution is 2.15. The number of furan rings is 1. The maximum atomic E-state index is 13.5. The lowest BCUT2D eigenvalue weighted by atomic mass is 10.3. The van der Waals surface area contributed by atoms with E-state index in [0.29, 0.717) is 31.4 Å². The third-order valence-electron chi connectivity index (χ3n) is 3.50. The van der Waals surface area contributed by atoms with Gasteiger partial charge in [-0.25, -0.2) is 9.38 Å². The molecule has 1 aromatic carbocycles. The number of ether oxygens (including phenoxy) is 1. The van der Waals surface area contributed by atoms with Crippen molar-refractivity contribution in [3.05, 3.63) is 54.2 Å². The molecule has 0 bridgehead atoms. The maximum absolute atomic E-state index is 13.5. The SMILES string of the molecule is CCNC(=NCC(O)c1ccco1)N(C)CCOc1ccccc1F.I. The van der Waals surface area contributed by atoms with Crippen molar-refractivity contribution in [2.24, 2.45) is 4.99 Å². The van der Waals surface area contributed by atoms with Gasteiger partial charge in [0.05, 0.1) is 19.4 Å². The summed E-state index contributed by atoms with van der Waals surface area (Å²) < 4.78 is 24.1. The van der Waals surface area contributed by atoms with Crippen LogP contribution >= 0.6 is 24.0 Å². The van der Waals surface area contributed by atoms with Gasteiger partial charge in [-0.2, -0.15) is 0 Å². The highest BCUT2D eigenvalue weighted by molar-refractivity contribution is 14.0. The normalized spacial score (nSPS) is 12.2. The lowest BCUT2D eigenvalue weighted by molar-refractivity contribution is 0.158. The molecule has 0 aliphatic rings. The van der Waals surface area contributed by atoms with E-state index in [1.165, 1.54) is 12.3 Å². The fraction of sp³-hybridized carbons (Fsp3) is 0.389. The van der Waals surface area contributed by atoms with Gasteiger partial charge < -0.3 is 24.5 Å². The predicted octanol–water partition coefficient (Wildman–Crippen LogP) is 3.05. The van der Waals surface area contributed by atoms with Crippen molar-refractivity contribution in [1.82, 2.24) is 10.2 Å². The van der Waals surface area contributed by atoms with Crippen molar-refractivity contribution in [2.75, 3.05) is 33.3 Å². The third kappa shape index (κ3) is 6.83. The topological polar surface area (TPSA) is 70.2 Å². The fourth-order valence-electron chi connectivity index (χ4n) is 2.17. The quantitative estimate of drug-likeness (QED) is 0.348. The number of rotatable bonds is 8. The van der Waals surface area contributed by atoms with Crippen molar-refractivity contribution in [2.45, 2.75) is 13.0 Å². The van der Waals surface area contributed by atoms with E-state index in [1.54, 1.807) is 30.3 Å². The van der Waals surface area contributed by atoms with E-state index in [4.69, 9.17) is 9.15 Å². The van der Waals surface area contributed by atoms with Gasteiger partial charge in [0.15, 0.2) is 17.5 Å². The van der Waals surface area contributed by atoms with Gasteiger partial charge in [-0.1, -0.05) is 12.1 Å². The van der Waals surface area contributed by atoms with Crippen molar-refractivity contribution in [3.63, 3.8) is 0 Å². The van der Waals surface area contributed by atoms with E-state index in [9.17, 15) is 9.50 Å². The van der Waals surface area contributed by atoms with Crippen molar-refractivity contribution in [1.29, 1.82) is 0 Å². The van der Waals surface area contributed by atoms with Crippen LogP contribution in [0.5, 0.6) is 5.75 Å². The number of aliphatic hydroxyl groups excluding tert-OH is 1. The van der Waals surface area contributed by atoms with Gasteiger partial charge in [0.2, 0.25) is 0 Å². The Morgan fingerprint density at radius 1 is 1.35 bits per heavy atom. The van der Waals surface area contributed by atoms with Crippen molar-refractivity contribution >= 4 is 29.9 Å². The van der Waals surface area contributed by atoms with E-state index < -0.39 is 6.10 Å². The third-order valence-corrected chi connectivity index (χ3v) is 3.50. The van der Waals surface area contributed by atoms with Gasteiger partial charge in [-0.05, 0) is 31.2 Å². The van der Waals surface area contributed by atoms with E-state index in [2.05, 4.69) is 10.3 Å². The van der Waals surface area contributed by atoms with Gasteiger partial charge in [-0.15, -0.1) is 24.0 Å². The summed E-state index contributed by atoms with van der Waals surface area (Å²) in [6.07, 6.45) is 0.714. The zero-order valence-electron chi connectivity index (χ0n) is 14.9. The number of benzene rings is 1. The molecule has 1 unspecified atom stereocenters. The van der Waals surface area contributed by atoms with Crippen LogP contribution in [0.3, 0.4) is 0 Å². The molecule has 1 aromatic heterocycles. The first-order valence-corrected chi connectivity index (χ1v) is 8.20. The second kappa shape index (κ2) is 11.7. The van der Waals surface area contributed by atoms with Crippen LogP contribution in [0.15, 0.2) is 52.1 Å². The Kier molecular flexibility index (Phi) is 10.0. The number of halogens is 2. The van der Waals surface area contributed by atoms with Crippen LogP contribution < -0.4 is 10.1 Å². The Labute approximate surface area is 170 Å². The zero-order chi connectivity index (χ0) is 18.1. The van der Waals surface area contributed by atoms with Gasteiger partial charge >= 0.3 is 0 Å². The Morgan fingerprint density at radius 3 is 2.77 bits per heavy atom. The number of hydrogen-bond donors (Lipinski definition) is 2. The number of nitrogens with zero attached hydrogens (tertiary/aromatic N) is 2. The molecule has 0 spiro atoms. The summed E-state index contributed by atoms with van der Waals surface area (Å²) in [6, 6.07) is 9.73. The molecular weight excluding hydrogens is 452 g/mol. The summed E-state index contributed by atoms with van der Waals surface area (Å²) in [6.45, 7) is 3.64. The molecule has 2 aromatic rings. The first-order valence-electron chi connectivity index (χ1n) is 8.20. The molecule has 2 N–H and O–H groups in total. The lowest BCUT2D eigenvalue weighted by Crippen LogP contribution is -2.41. The molecular formula is C18H25FIN3O3. The molecule has 0 amide bonds. The molecule has 8 heteroatoms. The second-order valence-corrected chi connectivity index (χ2v) is 5.43. The minimum absolute atomic E-state index is 0. The summed E-state index contributed by atoms with van der Waals surface area (Å²) in [4.78, 5) is 6.26. The predicted molar refractivity (Wildman–Crippen MR) is 110 cm³/mol. The summed E-state index contributed by atoms with van der Waals surface area (Å²) in [7, 11) is 1.85. The molecule has 0 aliphatic carbocycles. The van der Waals surface area contributed by atoms with Crippen molar-refractivity contribution in [3.8, 4) is 5.75 Å². The van der Waals surface area contributed by atoms with Gasteiger partial charge in [0.25, 0.3) is 0 Å². The van der Waals surface area contributed by atoms with Crippen LogP contribution in [0.2, 0.25) is 0 Å². The van der Waals surface area contributed by atoms with E-state index in [0.717, 1.165) is 0 Å². The smallest absolute Gasteiger partial charge is 0.193 e. The Bertz CT molecular complexity index is 667. The van der Waals surface area contributed by atoms with Crippen LogP contribution in [0, 0.1) is 5.82 Å². The van der Waals surface area contributed by atoms with Gasteiger partial charge in [-0.3, -0.25) is 0 Å². The number of nitrogens with one attached hydrogen (secondary N) is 1. The van der Waals surface area contributed by atoms with Gasteiger partial charge in [0.1, 0.15) is 18.5 Å². The largest absolute Gasteiger partial charge is 0.489 e. The minimum atomic E-state index is -0.799. The maximum Gasteiger partial charge on any atom is 0.193 e. The summed E-state index contributed by atoms with van der Waals surface area (Å²) >= 11 is 0.